The monoisotopic (exact) mass is 209 g/mol. The third-order valence-corrected chi connectivity index (χ3v) is 5.12. The number of rotatable bonds is 3. The lowest BCUT2D eigenvalue weighted by Gasteiger charge is -2.37. The number of hydrogen-bond acceptors (Lipinski definition) is 2. The molecular weight excluding hydrogens is 186 g/mol. The average molecular weight is 209 g/mol. The summed E-state index contributed by atoms with van der Waals surface area (Å²) >= 11 is 0. The van der Waals surface area contributed by atoms with Gasteiger partial charge in [-0.3, -0.25) is 4.79 Å². The molecule has 0 amide bonds. The van der Waals surface area contributed by atoms with Gasteiger partial charge in [0.25, 0.3) is 0 Å². The van der Waals surface area contributed by atoms with Crippen LogP contribution < -0.4 is 0 Å². The van der Waals surface area contributed by atoms with Gasteiger partial charge >= 0.3 is 0 Å². The minimum atomic E-state index is 0.0158. The molecule has 2 heteroatoms. The van der Waals surface area contributed by atoms with Gasteiger partial charge in [0.2, 0.25) is 0 Å². The van der Waals surface area contributed by atoms with E-state index in [9.17, 15) is 4.79 Å². The zero-order chi connectivity index (χ0) is 11.3. The summed E-state index contributed by atoms with van der Waals surface area (Å²) in [5.41, 5.74) is 0.266. The van der Waals surface area contributed by atoms with Crippen LogP contribution in [0.2, 0.25) is 0 Å². The molecule has 0 radical (unpaired) electrons. The van der Waals surface area contributed by atoms with Gasteiger partial charge in [0.1, 0.15) is 5.78 Å². The lowest BCUT2D eigenvalue weighted by atomic mass is 9.67. The summed E-state index contributed by atoms with van der Waals surface area (Å²) in [6.45, 7) is 5.67. The molecule has 0 aliphatic heterocycles. The van der Waals surface area contributed by atoms with E-state index in [1.165, 1.54) is 6.42 Å². The molecule has 86 valence electrons. The Morgan fingerprint density at radius 3 is 2.47 bits per heavy atom. The third-order valence-electron chi connectivity index (χ3n) is 5.12. The predicted molar refractivity (Wildman–Crippen MR) is 61.7 cm³/mol. The highest BCUT2D eigenvalue weighted by Crippen LogP contribution is 2.65. The normalized spacial score (nSPS) is 37.9. The van der Waals surface area contributed by atoms with E-state index < -0.39 is 0 Å². The maximum atomic E-state index is 12.2. The Kier molecular flexibility index (Phi) is 2.45. The Bertz CT molecular complexity index is 282. The van der Waals surface area contributed by atoms with E-state index in [0.717, 1.165) is 25.8 Å². The Labute approximate surface area is 93.0 Å². The number of ketones is 1. The zero-order valence-electron chi connectivity index (χ0n) is 10.5. The standard InChI is InChI=1S/C13H23NO/c1-12(2)10-5-6-13(12,11(15)9-10)7-8-14(3)4/h10H,5-9H2,1-4H3/t10-,13+/m1/s1. The molecule has 0 spiro atoms. The summed E-state index contributed by atoms with van der Waals surface area (Å²) in [7, 11) is 4.19. The highest BCUT2D eigenvalue weighted by Gasteiger charge is 2.63. The van der Waals surface area contributed by atoms with Crippen molar-refractivity contribution in [1.82, 2.24) is 4.90 Å². The fourth-order valence-corrected chi connectivity index (χ4v) is 3.77. The van der Waals surface area contributed by atoms with Crippen molar-refractivity contribution in [2.45, 2.75) is 39.5 Å². The lowest BCUT2D eigenvalue weighted by Crippen LogP contribution is -2.38. The Hall–Kier alpha value is -0.370. The maximum Gasteiger partial charge on any atom is 0.139 e. The second-order valence-electron chi connectivity index (χ2n) is 6.22. The number of hydrogen-bond donors (Lipinski definition) is 0. The fourth-order valence-electron chi connectivity index (χ4n) is 3.77. The van der Waals surface area contributed by atoms with Crippen LogP contribution in [-0.4, -0.2) is 31.3 Å². The molecule has 15 heavy (non-hydrogen) atoms. The molecule has 2 fully saturated rings. The van der Waals surface area contributed by atoms with Gasteiger partial charge in [-0.05, 0) is 51.2 Å². The van der Waals surface area contributed by atoms with Crippen molar-refractivity contribution in [1.29, 1.82) is 0 Å². The molecule has 2 atom stereocenters. The molecule has 2 rings (SSSR count). The van der Waals surface area contributed by atoms with Crippen molar-refractivity contribution in [3.63, 3.8) is 0 Å². The first-order valence-corrected chi connectivity index (χ1v) is 6.08. The molecular formula is C13H23NO. The molecule has 0 aromatic heterocycles. The molecule has 0 N–H and O–H groups in total. The van der Waals surface area contributed by atoms with Crippen molar-refractivity contribution in [2.24, 2.45) is 16.7 Å². The topological polar surface area (TPSA) is 20.3 Å². The van der Waals surface area contributed by atoms with E-state index >= 15 is 0 Å². The lowest BCUT2D eigenvalue weighted by molar-refractivity contribution is -0.130. The van der Waals surface area contributed by atoms with Gasteiger partial charge in [-0.15, -0.1) is 0 Å². The van der Waals surface area contributed by atoms with Gasteiger partial charge in [-0.1, -0.05) is 13.8 Å². The summed E-state index contributed by atoms with van der Waals surface area (Å²) in [5, 5.41) is 0. The van der Waals surface area contributed by atoms with Crippen molar-refractivity contribution >= 4 is 5.78 Å². The van der Waals surface area contributed by atoms with Crippen LogP contribution in [0.5, 0.6) is 0 Å². The Morgan fingerprint density at radius 1 is 1.40 bits per heavy atom. The summed E-state index contributed by atoms with van der Waals surface area (Å²) in [4.78, 5) is 14.4. The van der Waals surface area contributed by atoms with Gasteiger partial charge in [-0.25, -0.2) is 0 Å². The summed E-state index contributed by atoms with van der Waals surface area (Å²) in [5.74, 6) is 1.21. The van der Waals surface area contributed by atoms with E-state index in [-0.39, 0.29) is 10.8 Å². The highest BCUT2D eigenvalue weighted by molar-refractivity contribution is 5.89. The maximum absolute atomic E-state index is 12.2. The van der Waals surface area contributed by atoms with E-state index in [2.05, 4.69) is 32.8 Å². The number of Topliss-reactive ketones (excluding diaryl/α,β-unsaturated/α-hetero) is 1. The first-order valence-electron chi connectivity index (χ1n) is 6.08. The molecule has 2 nitrogen and oxygen atoms in total. The molecule has 0 saturated heterocycles. The highest BCUT2D eigenvalue weighted by atomic mass is 16.1. The summed E-state index contributed by atoms with van der Waals surface area (Å²) in [6.07, 6.45) is 4.31. The van der Waals surface area contributed by atoms with Gasteiger partial charge in [0, 0.05) is 11.8 Å². The largest absolute Gasteiger partial charge is 0.309 e. The van der Waals surface area contributed by atoms with Gasteiger partial charge in [0.15, 0.2) is 0 Å². The SMILES string of the molecule is CN(C)CC[C@@]12CC[C@H](CC1=O)C2(C)C. The number of carbonyl (C=O) groups is 1. The van der Waals surface area contributed by atoms with Crippen LogP contribution in [0.1, 0.15) is 39.5 Å². The van der Waals surface area contributed by atoms with E-state index in [4.69, 9.17) is 0 Å². The molecule has 2 aliphatic carbocycles. The van der Waals surface area contributed by atoms with Crippen LogP contribution in [0.3, 0.4) is 0 Å². The number of nitrogens with zero attached hydrogens (tertiary/aromatic N) is 1. The Balaban J connectivity index is 2.20. The first kappa shape index (κ1) is 11.1. The zero-order valence-corrected chi connectivity index (χ0v) is 10.5. The predicted octanol–water partition coefficient (Wildman–Crippen LogP) is 2.33. The van der Waals surface area contributed by atoms with Crippen LogP contribution >= 0.6 is 0 Å². The first-order chi connectivity index (χ1) is 6.90. The van der Waals surface area contributed by atoms with Crippen LogP contribution in [-0.2, 0) is 4.79 Å². The molecule has 0 heterocycles. The third kappa shape index (κ3) is 1.37. The fraction of sp³-hybridized carbons (Fsp3) is 0.923. The molecule has 0 unspecified atom stereocenters. The Morgan fingerprint density at radius 2 is 2.07 bits per heavy atom. The van der Waals surface area contributed by atoms with Gasteiger partial charge in [-0.2, -0.15) is 0 Å². The second-order valence-corrected chi connectivity index (χ2v) is 6.22. The number of fused-ring (bicyclic) bond motifs is 2. The van der Waals surface area contributed by atoms with Crippen molar-refractivity contribution < 1.29 is 4.79 Å². The minimum Gasteiger partial charge on any atom is -0.309 e. The number of carbonyl (C=O) groups excluding carboxylic acids is 1. The van der Waals surface area contributed by atoms with E-state index in [0.29, 0.717) is 11.7 Å². The van der Waals surface area contributed by atoms with Crippen LogP contribution in [0.15, 0.2) is 0 Å². The molecule has 2 bridgehead atoms. The summed E-state index contributed by atoms with van der Waals surface area (Å²) in [6, 6.07) is 0. The van der Waals surface area contributed by atoms with E-state index in [1.807, 2.05) is 0 Å². The van der Waals surface area contributed by atoms with Crippen LogP contribution in [0, 0.1) is 16.7 Å². The summed E-state index contributed by atoms with van der Waals surface area (Å²) < 4.78 is 0. The van der Waals surface area contributed by atoms with Crippen molar-refractivity contribution in [3.8, 4) is 0 Å². The quantitative estimate of drug-likeness (QED) is 0.711. The molecule has 2 saturated carbocycles. The van der Waals surface area contributed by atoms with Gasteiger partial charge in [0.05, 0.1) is 0 Å². The van der Waals surface area contributed by atoms with Crippen molar-refractivity contribution in [2.75, 3.05) is 20.6 Å². The second kappa shape index (κ2) is 3.31. The van der Waals surface area contributed by atoms with E-state index in [1.54, 1.807) is 0 Å². The average Bonchev–Trinajstić information content (AvgIpc) is 2.47. The van der Waals surface area contributed by atoms with Crippen molar-refractivity contribution in [3.05, 3.63) is 0 Å². The van der Waals surface area contributed by atoms with Crippen LogP contribution in [0.25, 0.3) is 0 Å². The molecule has 2 aliphatic rings. The van der Waals surface area contributed by atoms with Gasteiger partial charge < -0.3 is 4.90 Å². The van der Waals surface area contributed by atoms with Crippen LogP contribution in [0.4, 0.5) is 0 Å². The molecule has 0 aromatic rings. The smallest absolute Gasteiger partial charge is 0.139 e. The molecule has 0 aromatic carbocycles. The minimum absolute atomic E-state index is 0.0158.